The van der Waals surface area contributed by atoms with E-state index in [1.165, 1.54) is 7.11 Å². The van der Waals surface area contributed by atoms with Crippen molar-refractivity contribution in [2.24, 2.45) is 0 Å². The van der Waals surface area contributed by atoms with Gasteiger partial charge in [0.05, 0.1) is 31.4 Å². The van der Waals surface area contributed by atoms with Gasteiger partial charge >= 0.3 is 11.9 Å². The van der Waals surface area contributed by atoms with Gasteiger partial charge in [-0.2, -0.15) is 0 Å². The smallest absolute Gasteiger partial charge is 0.338 e. The topological polar surface area (TPSA) is 104 Å². The van der Waals surface area contributed by atoms with Gasteiger partial charge in [-0.1, -0.05) is 12.1 Å². The molecule has 0 aliphatic carbocycles. The van der Waals surface area contributed by atoms with E-state index in [-0.39, 0.29) is 6.42 Å². The van der Waals surface area contributed by atoms with Crippen molar-refractivity contribution in [3.63, 3.8) is 0 Å². The van der Waals surface area contributed by atoms with Gasteiger partial charge < -0.3 is 14.2 Å². The van der Waals surface area contributed by atoms with Gasteiger partial charge in [-0.05, 0) is 17.7 Å². The summed E-state index contributed by atoms with van der Waals surface area (Å²) in [6.45, 7) is 0.00802. The molecule has 0 radical (unpaired) electrons. The summed E-state index contributed by atoms with van der Waals surface area (Å²) < 4.78 is 14.5. The van der Waals surface area contributed by atoms with Crippen molar-refractivity contribution in [1.82, 2.24) is 4.98 Å². The molecule has 0 fully saturated rings. The van der Waals surface area contributed by atoms with Gasteiger partial charge in [0.2, 0.25) is 0 Å². The number of amides is 1. The van der Waals surface area contributed by atoms with Crippen molar-refractivity contribution in [2.45, 2.75) is 13.0 Å². The number of hydrogen-bond acceptors (Lipinski definition) is 8. The van der Waals surface area contributed by atoms with E-state index < -0.39 is 24.5 Å². The largest absolute Gasteiger partial charge is 0.469 e. The Labute approximate surface area is 154 Å². The summed E-state index contributed by atoms with van der Waals surface area (Å²) in [5.41, 5.74) is 1.76. The maximum Gasteiger partial charge on any atom is 0.338 e. The van der Waals surface area contributed by atoms with Crippen LogP contribution in [0.5, 0.6) is 0 Å². The molecule has 0 bridgehead atoms. The van der Waals surface area contributed by atoms with Crippen molar-refractivity contribution in [2.75, 3.05) is 26.1 Å². The second-order valence-electron chi connectivity index (χ2n) is 5.15. The maximum absolute atomic E-state index is 11.9. The standard InChI is InChI=1S/C17H18N2O6S/c1-23-8-11-3-5-12(6-4-11)16(22)25-9-14(20)19-17-18-13(10-26-17)7-15(21)24-2/h3-6,10H,7-9H2,1-2H3,(H,18,19,20). The first-order valence-electron chi connectivity index (χ1n) is 7.58. The van der Waals surface area contributed by atoms with E-state index in [4.69, 9.17) is 9.47 Å². The van der Waals surface area contributed by atoms with E-state index in [1.807, 2.05) is 0 Å². The molecule has 138 valence electrons. The molecule has 8 nitrogen and oxygen atoms in total. The molecule has 0 saturated carbocycles. The number of hydrogen-bond donors (Lipinski definition) is 1. The SMILES string of the molecule is COCc1ccc(C(=O)OCC(=O)Nc2nc(CC(=O)OC)cs2)cc1. The number of benzene rings is 1. The summed E-state index contributed by atoms with van der Waals surface area (Å²) in [6, 6.07) is 6.71. The minimum Gasteiger partial charge on any atom is -0.469 e. The third kappa shape index (κ3) is 5.94. The van der Waals surface area contributed by atoms with E-state index >= 15 is 0 Å². The lowest BCUT2D eigenvalue weighted by molar-refractivity contribution is -0.139. The average Bonchev–Trinajstić information content (AvgIpc) is 3.07. The van der Waals surface area contributed by atoms with Gasteiger partial charge in [-0.3, -0.25) is 14.9 Å². The summed E-state index contributed by atoms with van der Waals surface area (Å²) in [6.07, 6.45) is 0.0247. The van der Waals surface area contributed by atoms with Crippen LogP contribution in [0.25, 0.3) is 0 Å². The van der Waals surface area contributed by atoms with E-state index in [2.05, 4.69) is 15.0 Å². The average molecular weight is 378 g/mol. The van der Waals surface area contributed by atoms with Crippen molar-refractivity contribution in [3.05, 3.63) is 46.5 Å². The van der Waals surface area contributed by atoms with Crippen LogP contribution in [0.15, 0.2) is 29.6 Å². The molecular formula is C17H18N2O6S. The highest BCUT2D eigenvalue weighted by molar-refractivity contribution is 7.13. The first kappa shape index (κ1) is 19.5. The van der Waals surface area contributed by atoms with Crippen molar-refractivity contribution in [1.29, 1.82) is 0 Å². The van der Waals surface area contributed by atoms with Gasteiger partial charge in [-0.25, -0.2) is 9.78 Å². The Bertz CT molecular complexity index is 772. The van der Waals surface area contributed by atoms with Gasteiger partial charge in [0.25, 0.3) is 5.91 Å². The molecular weight excluding hydrogens is 360 g/mol. The number of nitrogens with zero attached hydrogens (tertiary/aromatic N) is 1. The van der Waals surface area contributed by atoms with E-state index in [0.717, 1.165) is 16.9 Å². The minimum atomic E-state index is -0.602. The van der Waals surface area contributed by atoms with Crippen LogP contribution < -0.4 is 5.32 Å². The fourth-order valence-corrected chi connectivity index (χ4v) is 2.67. The third-order valence-electron chi connectivity index (χ3n) is 3.19. The Balaban J connectivity index is 1.80. The fourth-order valence-electron chi connectivity index (χ4n) is 1.94. The van der Waals surface area contributed by atoms with Crippen LogP contribution in [-0.4, -0.2) is 43.7 Å². The van der Waals surface area contributed by atoms with Crippen molar-refractivity contribution < 1.29 is 28.6 Å². The Hall–Kier alpha value is -2.78. The number of esters is 2. The molecule has 2 rings (SSSR count). The number of methoxy groups -OCH3 is 2. The van der Waals surface area contributed by atoms with Crippen LogP contribution >= 0.6 is 11.3 Å². The van der Waals surface area contributed by atoms with Gasteiger partial charge in [0, 0.05) is 12.5 Å². The predicted molar refractivity (Wildman–Crippen MR) is 93.9 cm³/mol. The number of anilines is 1. The zero-order valence-electron chi connectivity index (χ0n) is 14.3. The van der Waals surface area contributed by atoms with Crippen molar-refractivity contribution in [3.8, 4) is 0 Å². The Morgan fingerprint density at radius 1 is 1.15 bits per heavy atom. The maximum atomic E-state index is 11.9. The number of aromatic nitrogens is 1. The van der Waals surface area contributed by atoms with Crippen LogP contribution in [0.4, 0.5) is 5.13 Å². The molecule has 1 aromatic heterocycles. The zero-order valence-corrected chi connectivity index (χ0v) is 15.1. The highest BCUT2D eigenvalue weighted by Gasteiger charge is 2.13. The van der Waals surface area contributed by atoms with Gasteiger partial charge in [0.15, 0.2) is 11.7 Å². The normalized spacial score (nSPS) is 10.2. The molecule has 26 heavy (non-hydrogen) atoms. The van der Waals surface area contributed by atoms with E-state index in [0.29, 0.717) is 23.0 Å². The fraction of sp³-hybridized carbons (Fsp3) is 0.294. The molecule has 9 heteroatoms. The molecule has 0 unspecified atom stereocenters. The van der Waals surface area contributed by atoms with Gasteiger partial charge in [-0.15, -0.1) is 11.3 Å². The molecule has 1 N–H and O–H groups in total. The summed E-state index contributed by atoms with van der Waals surface area (Å²) >= 11 is 1.16. The highest BCUT2D eigenvalue weighted by Crippen LogP contribution is 2.16. The second kappa shape index (κ2) is 9.64. The van der Waals surface area contributed by atoms with E-state index in [9.17, 15) is 14.4 Å². The molecule has 1 amide bonds. The number of carbonyl (C=O) groups excluding carboxylic acids is 3. The highest BCUT2D eigenvalue weighted by atomic mass is 32.1. The van der Waals surface area contributed by atoms with Crippen LogP contribution in [-0.2, 0) is 36.8 Å². The molecule has 1 aromatic carbocycles. The second-order valence-corrected chi connectivity index (χ2v) is 6.01. The quantitative estimate of drug-likeness (QED) is 0.699. The molecule has 2 aromatic rings. The summed E-state index contributed by atoms with van der Waals surface area (Å²) in [5, 5.41) is 4.46. The zero-order chi connectivity index (χ0) is 18.9. The lowest BCUT2D eigenvalue weighted by Gasteiger charge is -2.05. The minimum absolute atomic E-state index is 0.0247. The predicted octanol–water partition coefficient (Wildman–Crippen LogP) is 1.80. The van der Waals surface area contributed by atoms with Crippen LogP contribution in [0.2, 0.25) is 0 Å². The molecule has 1 heterocycles. The van der Waals surface area contributed by atoms with Crippen LogP contribution in [0, 0.1) is 0 Å². The van der Waals surface area contributed by atoms with E-state index in [1.54, 1.807) is 36.8 Å². The Kier molecular flexibility index (Phi) is 7.24. The van der Waals surface area contributed by atoms with Crippen LogP contribution in [0.3, 0.4) is 0 Å². The third-order valence-corrected chi connectivity index (χ3v) is 3.99. The first-order chi connectivity index (χ1) is 12.5. The summed E-state index contributed by atoms with van der Waals surface area (Å²) in [7, 11) is 2.87. The lowest BCUT2D eigenvalue weighted by Crippen LogP contribution is -2.21. The lowest BCUT2D eigenvalue weighted by atomic mass is 10.1. The molecule has 0 saturated heterocycles. The van der Waals surface area contributed by atoms with Crippen molar-refractivity contribution >= 4 is 34.3 Å². The van der Waals surface area contributed by atoms with Crippen LogP contribution in [0.1, 0.15) is 21.6 Å². The number of rotatable bonds is 8. The summed E-state index contributed by atoms with van der Waals surface area (Å²) in [4.78, 5) is 39.0. The number of thiazole rings is 1. The molecule has 0 aliphatic rings. The molecule has 0 spiro atoms. The number of ether oxygens (including phenoxy) is 3. The molecule has 0 atom stereocenters. The number of carbonyl (C=O) groups is 3. The Morgan fingerprint density at radius 3 is 2.54 bits per heavy atom. The first-order valence-corrected chi connectivity index (χ1v) is 8.46. The van der Waals surface area contributed by atoms with Gasteiger partial charge in [0.1, 0.15) is 0 Å². The Morgan fingerprint density at radius 2 is 1.88 bits per heavy atom. The number of nitrogens with one attached hydrogen (secondary N) is 1. The molecule has 0 aliphatic heterocycles. The monoisotopic (exact) mass is 378 g/mol. The summed E-state index contributed by atoms with van der Waals surface area (Å²) in [5.74, 6) is -1.54.